The molecule has 74 valence electrons. The molecule has 5 nitrogen and oxygen atoms in total. The summed E-state index contributed by atoms with van der Waals surface area (Å²) in [6.45, 7) is 0. The molecule has 0 bridgehead atoms. The normalized spacial score (nSPS) is 10.9. The minimum absolute atomic E-state index is 0.287. The van der Waals surface area contributed by atoms with Crippen molar-refractivity contribution in [1.29, 1.82) is 0 Å². The molecule has 3 rings (SSSR count). The molecule has 2 aromatic heterocycles. The Kier molecular flexibility index (Phi) is 1.69. The first-order chi connectivity index (χ1) is 7.34. The summed E-state index contributed by atoms with van der Waals surface area (Å²) >= 11 is 1.24. The zero-order valence-electron chi connectivity index (χ0n) is 7.66. The van der Waals surface area contributed by atoms with Gasteiger partial charge in [0.05, 0.1) is 11.7 Å². The molecule has 2 heterocycles. The van der Waals surface area contributed by atoms with E-state index in [1.54, 1.807) is 10.9 Å². The Hall–Kier alpha value is -1.95. The highest BCUT2D eigenvalue weighted by molar-refractivity contribution is 7.08. The first-order valence-corrected chi connectivity index (χ1v) is 5.14. The van der Waals surface area contributed by atoms with E-state index >= 15 is 0 Å². The lowest BCUT2D eigenvalue weighted by Crippen LogP contribution is -1.95. The molecule has 0 radical (unpaired) electrons. The van der Waals surface area contributed by atoms with Crippen molar-refractivity contribution in [3.63, 3.8) is 0 Å². The Morgan fingerprint density at radius 1 is 1.27 bits per heavy atom. The van der Waals surface area contributed by atoms with E-state index in [4.69, 9.17) is 5.73 Å². The molecule has 0 amide bonds. The van der Waals surface area contributed by atoms with Gasteiger partial charge in [-0.15, -0.1) is 0 Å². The van der Waals surface area contributed by atoms with Crippen molar-refractivity contribution < 1.29 is 0 Å². The van der Waals surface area contributed by atoms with Crippen LogP contribution in [0.4, 0.5) is 5.95 Å². The summed E-state index contributed by atoms with van der Waals surface area (Å²) in [6, 6.07) is 7.93. The van der Waals surface area contributed by atoms with Crippen molar-refractivity contribution in [2.45, 2.75) is 0 Å². The molecule has 1 aromatic carbocycles. The highest BCUT2D eigenvalue weighted by Crippen LogP contribution is 2.19. The molecule has 0 spiro atoms. The van der Waals surface area contributed by atoms with E-state index < -0.39 is 0 Å². The number of para-hydroxylation sites is 1. The van der Waals surface area contributed by atoms with Gasteiger partial charge in [-0.1, -0.05) is 18.2 Å². The summed E-state index contributed by atoms with van der Waals surface area (Å²) in [5, 5.41) is 6.01. The molecule has 0 aliphatic heterocycles. The Balaban J connectivity index is 2.27. The molecular formula is C9H7N5S. The number of nitrogens with zero attached hydrogens (tertiary/aromatic N) is 4. The summed E-state index contributed by atoms with van der Waals surface area (Å²) in [5.74, 6) is 0.287. The van der Waals surface area contributed by atoms with Gasteiger partial charge < -0.3 is 5.73 Å². The average Bonchev–Trinajstić information content (AvgIpc) is 2.83. The van der Waals surface area contributed by atoms with Crippen molar-refractivity contribution >= 4 is 28.4 Å². The Morgan fingerprint density at radius 2 is 2.13 bits per heavy atom. The predicted octanol–water partition coefficient (Wildman–Crippen LogP) is 1.46. The third kappa shape index (κ3) is 1.26. The minimum atomic E-state index is 0.287. The number of hydrogen-bond acceptors (Lipinski definition) is 5. The van der Waals surface area contributed by atoms with Crippen molar-refractivity contribution in [3.8, 4) is 5.13 Å². The van der Waals surface area contributed by atoms with Gasteiger partial charge in [-0.3, -0.25) is 0 Å². The molecule has 0 saturated heterocycles. The minimum Gasteiger partial charge on any atom is -0.367 e. The van der Waals surface area contributed by atoms with Gasteiger partial charge in [0.2, 0.25) is 11.1 Å². The maximum Gasteiger partial charge on any atom is 0.233 e. The Labute approximate surface area is 89.3 Å². The lowest BCUT2D eigenvalue weighted by molar-refractivity contribution is 0.899. The second kappa shape index (κ2) is 3.03. The van der Waals surface area contributed by atoms with Gasteiger partial charge in [0.25, 0.3) is 0 Å². The maximum absolute atomic E-state index is 5.48. The van der Waals surface area contributed by atoms with Crippen LogP contribution in [0.25, 0.3) is 16.0 Å². The Morgan fingerprint density at radius 3 is 2.93 bits per heavy atom. The van der Waals surface area contributed by atoms with E-state index in [2.05, 4.69) is 14.5 Å². The number of nitrogen functional groups attached to an aromatic ring is 1. The molecule has 6 heteroatoms. The molecule has 0 aliphatic rings. The van der Waals surface area contributed by atoms with Gasteiger partial charge in [-0.2, -0.15) is 14.5 Å². The molecule has 0 fully saturated rings. The fraction of sp³-hybridized carbons (Fsp3) is 0. The van der Waals surface area contributed by atoms with Gasteiger partial charge in [-0.25, -0.2) is 4.68 Å². The lowest BCUT2D eigenvalue weighted by atomic mass is 10.3. The summed E-state index contributed by atoms with van der Waals surface area (Å²) in [5.41, 5.74) is 6.48. The van der Waals surface area contributed by atoms with E-state index in [9.17, 15) is 0 Å². The third-order valence-corrected chi connectivity index (χ3v) is 2.80. The van der Waals surface area contributed by atoms with Crippen molar-refractivity contribution in [3.05, 3.63) is 30.5 Å². The summed E-state index contributed by atoms with van der Waals surface area (Å²) in [7, 11) is 0. The number of rotatable bonds is 1. The zero-order chi connectivity index (χ0) is 10.3. The van der Waals surface area contributed by atoms with Crippen molar-refractivity contribution in [2.75, 3.05) is 5.73 Å². The van der Waals surface area contributed by atoms with Crippen LogP contribution >= 0.6 is 11.5 Å². The van der Waals surface area contributed by atoms with E-state index in [1.807, 2.05) is 24.3 Å². The fourth-order valence-corrected chi connectivity index (χ4v) is 2.01. The van der Waals surface area contributed by atoms with E-state index in [0.29, 0.717) is 5.13 Å². The fourth-order valence-electron chi connectivity index (χ4n) is 1.44. The van der Waals surface area contributed by atoms with Crippen LogP contribution < -0.4 is 5.73 Å². The van der Waals surface area contributed by atoms with E-state index in [0.717, 1.165) is 10.9 Å². The number of nitrogens with two attached hydrogens (primary N) is 1. The SMILES string of the molecule is Nc1nsc(-n2ncc3ccccc32)n1. The number of hydrogen-bond donors (Lipinski definition) is 1. The molecule has 2 N–H and O–H groups in total. The van der Waals surface area contributed by atoms with Gasteiger partial charge in [0.15, 0.2) is 0 Å². The first kappa shape index (κ1) is 8.37. The van der Waals surface area contributed by atoms with Gasteiger partial charge >= 0.3 is 0 Å². The summed E-state index contributed by atoms with van der Waals surface area (Å²) in [6.07, 6.45) is 1.80. The molecule has 15 heavy (non-hydrogen) atoms. The third-order valence-electron chi connectivity index (χ3n) is 2.09. The number of fused-ring (bicyclic) bond motifs is 1. The molecule has 0 atom stereocenters. The second-order valence-corrected chi connectivity index (χ2v) is 3.78. The largest absolute Gasteiger partial charge is 0.367 e. The summed E-state index contributed by atoms with van der Waals surface area (Å²) in [4.78, 5) is 4.09. The van der Waals surface area contributed by atoms with E-state index in [1.165, 1.54) is 11.5 Å². The van der Waals surface area contributed by atoms with Crippen LogP contribution in [0.1, 0.15) is 0 Å². The van der Waals surface area contributed by atoms with Crippen molar-refractivity contribution in [2.24, 2.45) is 0 Å². The second-order valence-electron chi connectivity index (χ2n) is 3.05. The maximum atomic E-state index is 5.48. The highest BCUT2D eigenvalue weighted by Gasteiger charge is 2.07. The van der Waals surface area contributed by atoms with Crippen LogP contribution in [0.5, 0.6) is 0 Å². The summed E-state index contributed by atoms with van der Waals surface area (Å²) < 4.78 is 5.67. The van der Waals surface area contributed by atoms with Crippen molar-refractivity contribution in [1.82, 2.24) is 19.1 Å². The predicted molar refractivity (Wildman–Crippen MR) is 58.9 cm³/mol. The molecule has 0 saturated carbocycles. The molecule has 0 aliphatic carbocycles. The Bertz CT molecular complexity index is 612. The van der Waals surface area contributed by atoms with Crippen LogP contribution in [0.3, 0.4) is 0 Å². The molecular weight excluding hydrogens is 210 g/mol. The quantitative estimate of drug-likeness (QED) is 0.670. The topological polar surface area (TPSA) is 69.6 Å². The van der Waals surface area contributed by atoms with Gasteiger partial charge in [-0.05, 0) is 6.07 Å². The number of aromatic nitrogens is 4. The van der Waals surface area contributed by atoms with Crippen LogP contribution in [-0.4, -0.2) is 19.1 Å². The highest BCUT2D eigenvalue weighted by atomic mass is 32.1. The van der Waals surface area contributed by atoms with E-state index in [-0.39, 0.29) is 5.95 Å². The van der Waals surface area contributed by atoms with Gasteiger partial charge in [0, 0.05) is 16.9 Å². The lowest BCUT2D eigenvalue weighted by Gasteiger charge is -1.95. The standard InChI is InChI=1S/C9H7N5S/c10-8-12-9(15-13-8)14-7-4-2-1-3-6(7)5-11-14/h1-5H,(H2,10,13). The molecule has 0 unspecified atom stereocenters. The van der Waals surface area contributed by atoms with Crippen LogP contribution in [0, 0.1) is 0 Å². The smallest absolute Gasteiger partial charge is 0.233 e. The monoisotopic (exact) mass is 217 g/mol. The van der Waals surface area contributed by atoms with Gasteiger partial charge in [0.1, 0.15) is 0 Å². The first-order valence-electron chi connectivity index (χ1n) is 4.37. The van der Waals surface area contributed by atoms with Crippen LogP contribution in [-0.2, 0) is 0 Å². The number of benzene rings is 1. The number of anilines is 1. The zero-order valence-corrected chi connectivity index (χ0v) is 8.48. The molecule has 3 aromatic rings. The van der Waals surface area contributed by atoms with Crippen LogP contribution in [0.2, 0.25) is 0 Å². The van der Waals surface area contributed by atoms with Crippen LogP contribution in [0.15, 0.2) is 30.5 Å². The average molecular weight is 217 g/mol.